The SMILES string of the molecule is FC(F)C(F)(F)CNC1CCOc2c(Cl)cc(Cl)cc21. The Balaban J connectivity index is 2.17. The summed E-state index contributed by atoms with van der Waals surface area (Å²) in [6.07, 6.45) is -3.35. The maximum absolute atomic E-state index is 12.9. The molecule has 20 heavy (non-hydrogen) atoms. The van der Waals surface area contributed by atoms with E-state index < -0.39 is 24.9 Å². The Bertz CT molecular complexity index is 499. The smallest absolute Gasteiger partial charge is 0.319 e. The van der Waals surface area contributed by atoms with E-state index in [1.807, 2.05) is 0 Å². The van der Waals surface area contributed by atoms with Crippen LogP contribution in [-0.4, -0.2) is 25.5 Å². The Labute approximate surface area is 123 Å². The average molecular weight is 332 g/mol. The minimum Gasteiger partial charge on any atom is -0.492 e. The number of benzene rings is 1. The molecular formula is C12H11Cl2F4NO. The molecule has 0 aromatic heterocycles. The summed E-state index contributed by atoms with van der Waals surface area (Å²) in [6, 6.07) is 2.44. The quantitative estimate of drug-likeness (QED) is 0.830. The molecule has 0 bridgehead atoms. The van der Waals surface area contributed by atoms with E-state index >= 15 is 0 Å². The minimum absolute atomic E-state index is 0.256. The molecule has 1 N–H and O–H groups in total. The van der Waals surface area contributed by atoms with E-state index in [9.17, 15) is 17.6 Å². The van der Waals surface area contributed by atoms with E-state index in [0.717, 1.165) is 0 Å². The molecule has 1 aromatic carbocycles. The molecule has 1 atom stereocenters. The summed E-state index contributed by atoms with van der Waals surface area (Å²) in [7, 11) is 0. The van der Waals surface area contributed by atoms with Crippen LogP contribution in [0.3, 0.4) is 0 Å². The van der Waals surface area contributed by atoms with Gasteiger partial charge in [0.1, 0.15) is 5.75 Å². The number of alkyl halides is 4. The van der Waals surface area contributed by atoms with Crippen molar-refractivity contribution in [3.05, 3.63) is 27.7 Å². The number of fused-ring (bicyclic) bond motifs is 1. The lowest BCUT2D eigenvalue weighted by Crippen LogP contribution is -2.41. The number of hydrogen-bond donors (Lipinski definition) is 1. The molecule has 0 amide bonds. The largest absolute Gasteiger partial charge is 0.492 e. The summed E-state index contributed by atoms with van der Waals surface area (Å²) in [4.78, 5) is 0. The molecule has 0 radical (unpaired) electrons. The second-order valence-electron chi connectivity index (χ2n) is 4.44. The Kier molecular flexibility index (Phi) is 4.66. The van der Waals surface area contributed by atoms with Gasteiger partial charge in [-0.15, -0.1) is 0 Å². The summed E-state index contributed by atoms with van der Waals surface area (Å²) < 4.78 is 55.5. The fourth-order valence-electron chi connectivity index (χ4n) is 1.97. The molecule has 1 heterocycles. The van der Waals surface area contributed by atoms with Crippen molar-refractivity contribution in [2.24, 2.45) is 0 Å². The maximum atomic E-state index is 12.9. The fourth-order valence-corrected chi connectivity index (χ4v) is 2.54. The van der Waals surface area contributed by atoms with Crippen molar-refractivity contribution >= 4 is 23.2 Å². The van der Waals surface area contributed by atoms with Crippen molar-refractivity contribution in [2.45, 2.75) is 24.8 Å². The first-order valence-corrected chi connectivity index (χ1v) is 6.58. The fraction of sp³-hybridized carbons (Fsp3) is 0.500. The van der Waals surface area contributed by atoms with E-state index in [2.05, 4.69) is 5.32 Å². The second kappa shape index (κ2) is 5.95. The van der Waals surface area contributed by atoms with Crippen molar-refractivity contribution in [1.29, 1.82) is 0 Å². The van der Waals surface area contributed by atoms with Crippen LogP contribution in [0.15, 0.2) is 12.1 Å². The van der Waals surface area contributed by atoms with Gasteiger partial charge in [0, 0.05) is 23.0 Å². The third kappa shape index (κ3) is 3.30. The van der Waals surface area contributed by atoms with Crippen LogP contribution in [0.2, 0.25) is 10.0 Å². The monoisotopic (exact) mass is 331 g/mol. The van der Waals surface area contributed by atoms with Crippen molar-refractivity contribution in [2.75, 3.05) is 13.2 Å². The maximum Gasteiger partial charge on any atom is 0.319 e. The predicted octanol–water partition coefficient (Wildman–Crippen LogP) is 4.31. The van der Waals surface area contributed by atoms with Gasteiger partial charge in [-0.2, -0.15) is 8.78 Å². The van der Waals surface area contributed by atoms with Gasteiger partial charge in [0.2, 0.25) is 0 Å². The summed E-state index contributed by atoms with van der Waals surface area (Å²) in [5.74, 6) is -3.74. The van der Waals surface area contributed by atoms with Crippen molar-refractivity contribution in [1.82, 2.24) is 5.32 Å². The van der Waals surface area contributed by atoms with Gasteiger partial charge in [0.15, 0.2) is 0 Å². The molecule has 0 saturated carbocycles. The number of ether oxygens (including phenoxy) is 1. The number of halogens is 6. The van der Waals surface area contributed by atoms with Crippen LogP contribution >= 0.6 is 23.2 Å². The van der Waals surface area contributed by atoms with E-state index in [-0.39, 0.29) is 11.6 Å². The Morgan fingerprint density at radius 2 is 2.05 bits per heavy atom. The topological polar surface area (TPSA) is 21.3 Å². The Morgan fingerprint density at radius 3 is 2.70 bits per heavy atom. The van der Waals surface area contributed by atoms with E-state index in [1.54, 1.807) is 0 Å². The molecule has 1 aliphatic heterocycles. The van der Waals surface area contributed by atoms with Crippen molar-refractivity contribution in [3.8, 4) is 5.75 Å². The van der Waals surface area contributed by atoms with Gasteiger partial charge in [-0.05, 0) is 12.1 Å². The highest BCUT2D eigenvalue weighted by Crippen LogP contribution is 2.40. The zero-order valence-electron chi connectivity index (χ0n) is 10.1. The van der Waals surface area contributed by atoms with Gasteiger partial charge in [-0.25, -0.2) is 8.78 Å². The first-order valence-electron chi connectivity index (χ1n) is 5.82. The second-order valence-corrected chi connectivity index (χ2v) is 5.28. The van der Waals surface area contributed by atoms with Crippen LogP contribution in [0, 0.1) is 0 Å². The summed E-state index contributed by atoms with van der Waals surface area (Å²) >= 11 is 11.8. The van der Waals surface area contributed by atoms with Crippen LogP contribution in [-0.2, 0) is 0 Å². The van der Waals surface area contributed by atoms with Crippen LogP contribution in [0.4, 0.5) is 17.6 Å². The average Bonchev–Trinajstić information content (AvgIpc) is 2.36. The van der Waals surface area contributed by atoms with Gasteiger partial charge in [-0.1, -0.05) is 23.2 Å². The van der Waals surface area contributed by atoms with Crippen LogP contribution < -0.4 is 10.1 Å². The highest BCUT2D eigenvalue weighted by atomic mass is 35.5. The normalized spacial score (nSPS) is 18.9. The van der Waals surface area contributed by atoms with Crippen LogP contribution in [0.1, 0.15) is 18.0 Å². The Hall–Kier alpha value is -0.720. The Morgan fingerprint density at radius 1 is 1.35 bits per heavy atom. The molecule has 0 fully saturated rings. The minimum atomic E-state index is -4.08. The lowest BCUT2D eigenvalue weighted by atomic mass is 10.0. The lowest BCUT2D eigenvalue weighted by Gasteiger charge is -2.29. The summed E-state index contributed by atoms with van der Waals surface area (Å²) in [5, 5.41) is 3.02. The number of nitrogens with one attached hydrogen (secondary N) is 1. The standard InChI is InChI=1S/C12H11Cl2F4NO/c13-6-3-7-9(19-5-12(17,18)11(15)16)1-2-20-10(7)8(14)4-6/h3-4,9,11,19H,1-2,5H2. The van der Waals surface area contributed by atoms with Crippen LogP contribution in [0.5, 0.6) is 5.75 Å². The van der Waals surface area contributed by atoms with E-state index in [4.69, 9.17) is 27.9 Å². The van der Waals surface area contributed by atoms with Gasteiger partial charge in [0.25, 0.3) is 0 Å². The zero-order valence-corrected chi connectivity index (χ0v) is 11.6. The summed E-state index contributed by atoms with van der Waals surface area (Å²) in [6.45, 7) is -0.870. The number of rotatable bonds is 4. The molecule has 2 nitrogen and oxygen atoms in total. The molecular weight excluding hydrogens is 321 g/mol. The highest BCUT2D eigenvalue weighted by Gasteiger charge is 2.41. The third-order valence-electron chi connectivity index (χ3n) is 2.97. The van der Waals surface area contributed by atoms with Gasteiger partial charge >= 0.3 is 12.3 Å². The molecule has 0 spiro atoms. The molecule has 2 rings (SSSR count). The molecule has 1 unspecified atom stereocenters. The molecule has 0 aliphatic carbocycles. The van der Waals surface area contributed by atoms with Crippen LogP contribution in [0.25, 0.3) is 0 Å². The van der Waals surface area contributed by atoms with Crippen molar-refractivity contribution < 1.29 is 22.3 Å². The molecule has 8 heteroatoms. The molecule has 1 aromatic rings. The lowest BCUT2D eigenvalue weighted by molar-refractivity contribution is -0.126. The van der Waals surface area contributed by atoms with Gasteiger partial charge in [-0.3, -0.25) is 0 Å². The molecule has 0 saturated heterocycles. The first kappa shape index (κ1) is 15.7. The van der Waals surface area contributed by atoms with E-state index in [1.165, 1.54) is 12.1 Å². The molecule has 1 aliphatic rings. The third-order valence-corrected chi connectivity index (χ3v) is 3.47. The predicted molar refractivity (Wildman–Crippen MR) is 68.3 cm³/mol. The summed E-state index contributed by atoms with van der Waals surface area (Å²) in [5.41, 5.74) is 0.499. The van der Waals surface area contributed by atoms with E-state index in [0.29, 0.717) is 22.8 Å². The highest BCUT2D eigenvalue weighted by molar-refractivity contribution is 6.35. The first-order chi connectivity index (χ1) is 9.31. The molecule has 112 valence electrons. The zero-order chi connectivity index (χ0) is 14.9. The van der Waals surface area contributed by atoms with Gasteiger partial charge in [0.05, 0.1) is 18.2 Å². The van der Waals surface area contributed by atoms with Gasteiger partial charge < -0.3 is 10.1 Å². The van der Waals surface area contributed by atoms with Crippen molar-refractivity contribution in [3.63, 3.8) is 0 Å². The number of hydrogen-bond acceptors (Lipinski definition) is 2.